The Morgan fingerprint density at radius 1 is 1.32 bits per heavy atom. The zero-order valence-corrected chi connectivity index (χ0v) is 11.8. The smallest absolute Gasteiger partial charge is 0.255 e. The lowest BCUT2D eigenvalue weighted by Crippen LogP contribution is -2.37. The number of aromatic hydroxyl groups is 1. The maximum Gasteiger partial charge on any atom is 0.255 e. The third-order valence-electron chi connectivity index (χ3n) is 4.13. The zero-order chi connectivity index (χ0) is 13.9. The highest BCUT2D eigenvalue weighted by atomic mass is 16.3. The van der Waals surface area contributed by atoms with Crippen molar-refractivity contribution >= 4 is 5.91 Å². The van der Waals surface area contributed by atoms with Gasteiger partial charge in [-0.25, -0.2) is 0 Å². The van der Waals surface area contributed by atoms with Crippen LogP contribution in [0.4, 0.5) is 0 Å². The van der Waals surface area contributed by atoms with Crippen molar-refractivity contribution in [3.8, 4) is 5.75 Å². The van der Waals surface area contributed by atoms with Gasteiger partial charge >= 0.3 is 0 Å². The molecule has 0 spiro atoms. The van der Waals surface area contributed by atoms with E-state index in [1.807, 2.05) is 6.92 Å². The predicted octanol–water partition coefficient (Wildman–Crippen LogP) is 3.40. The normalized spacial score (nSPS) is 18.0. The standard InChI is InChI=1S/C16H23NO2/c1-12-6-7-14(18)13(10-12)15(19)17-11-16(2)8-4-3-5-9-16/h6-7,10,18H,3-5,8-9,11H2,1-2H3,(H,17,19). The van der Waals surface area contributed by atoms with Gasteiger partial charge in [0.25, 0.3) is 5.91 Å². The number of carbonyl (C=O) groups excluding carboxylic acids is 1. The summed E-state index contributed by atoms with van der Waals surface area (Å²) in [7, 11) is 0. The highest BCUT2D eigenvalue weighted by molar-refractivity contribution is 5.97. The van der Waals surface area contributed by atoms with Crippen molar-refractivity contribution in [1.82, 2.24) is 5.32 Å². The molecule has 2 N–H and O–H groups in total. The molecule has 19 heavy (non-hydrogen) atoms. The fourth-order valence-corrected chi connectivity index (χ4v) is 2.80. The van der Waals surface area contributed by atoms with Crippen molar-refractivity contribution in [2.75, 3.05) is 6.54 Å². The molecule has 0 atom stereocenters. The van der Waals surface area contributed by atoms with Crippen LogP contribution in [0.15, 0.2) is 18.2 Å². The summed E-state index contributed by atoms with van der Waals surface area (Å²) in [6.07, 6.45) is 6.16. The molecule has 104 valence electrons. The number of benzene rings is 1. The van der Waals surface area contributed by atoms with E-state index < -0.39 is 0 Å². The first-order valence-corrected chi connectivity index (χ1v) is 7.08. The maximum absolute atomic E-state index is 12.1. The van der Waals surface area contributed by atoms with E-state index in [1.165, 1.54) is 32.1 Å². The topological polar surface area (TPSA) is 49.3 Å². The summed E-state index contributed by atoms with van der Waals surface area (Å²) in [5, 5.41) is 12.7. The van der Waals surface area contributed by atoms with Gasteiger partial charge in [0.05, 0.1) is 5.56 Å². The lowest BCUT2D eigenvalue weighted by molar-refractivity contribution is 0.0916. The van der Waals surface area contributed by atoms with E-state index in [9.17, 15) is 9.90 Å². The summed E-state index contributed by atoms with van der Waals surface area (Å²) in [5.41, 5.74) is 1.57. The van der Waals surface area contributed by atoms with E-state index in [2.05, 4.69) is 12.2 Å². The summed E-state index contributed by atoms with van der Waals surface area (Å²) in [4.78, 5) is 12.1. The quantitative estimate of drug-likeness (QED) is 0.876. The summed E-state index contributed by atoms with van der Waals surface area (Å²) in [6, 6.07) is 5.11. The summed E-state index contributed by atoms with van der Waals surface area (Å²) in [5.74, 6) is -0.120. The SMILES string of the molecule is Cc1ccc(O)c(C(=O)NCC2(C)CCCCC2)c1. The van der Waals surface area contributed by atoms with Gasteiger partial charge in [-0.3, -0.25) is 4.79 Å². The van der Waals surface area contributed by atoms with E-state index in [0.29, 0.717) is 12.1 Å². The molecular formula is C16H23NO2. The van der Waals surface area contributed by atoms with Crippen LogP contribution >= 0.6 is 0 Å². The molecule has 1 aliphatic rings. The molecule has 3 nitrogen and oxygen atoms in total. The van der Waals surface area contributed by atoms with Gasteiger partial charge < -0.3 is 10.4 Å². The first-order valence-electron chi connectivity index (χ1n) is 7.08. The van der Waals surface area contributed by atoms with Crippen LogP contribution < -0.4 is 5.32 Å². The van der Waals surface area contributed by atoms with Crippen LogP contribution in [0, 0.1) is 12.3 Å². The number of phenols is 1. The largest absolute Gasteiger partial charge is 0.507 e. The zero-order valence-electron chi connectivity index (χ0n) is 11.8. The molecule has 3 heteroatoms. The Labute approximate surface area is 115 Å². The van der Waals surface area contributed by atoms with E-state index in [1.54, 1.807) is 18.2 Å². The molecule has 0 aliphatic heterocycles. The number of carbonyl (C=O) groups is 1. The predicted molar refractivity (Wildman–Crippen MR) is 76.4 cm³/mol. The second-order valence-corrected chi connectivity index (χ2v) is 6.07. The monoisotopic (exact) mass is 261 g/mol. The molecule has 0 heterocycles. The van der Waals surface area contributed by atoms with Crippen molar-refractivity contribution in [2.45, 2.75) is 46.0 Å². The molecule has 0 saturated heterocycles. The van der Waals surface area contributed by atoms with E-state index in [-0.39, 0.29) is 17.1 Å². The molecule has 1 saturated carbocycles. The Hall–Kier alpha value is -1.51. The fourth-order valence-electron chi connectivity index (χ4n) is 2.80. The minimum Gasteiger partial charge on any atom is -0.507 e. The lowest BCUT2D eigenvalue weighted by Gasteiger charge is -2.33. The van der Waals surface area contributed by atoms with Crippen LogP contribution in [-0.4, -0.2) is 17.6 Å². The molecule has 0 radical (unpaired) electrons. The summed E-state index contributed by atoms with van der Waals surface area (Å²) in [6.45, 7) is 4.85. The first kappa shape index (κ1) is 13.9. The van der Waals surface area contributed by atoms with Gasteiger partial charge in [-0.05, 0) is 37.3 Å². The van der Waals surface area contributed by atoms with Crippen molar-refractivity contribution in [2.24, 2.45) is 5.41 Å². The van der Waals surface area contributed by atoms with Crippen LogP contribution in [0.25, 0.3) is 0 Å². The van der Waals surface area contributed by atoms with Crippen LogP contribution in [0.2, 0.25) is 0 Å². The van der Waals surface area contributed by atoms with Gasteiger partial charge in [-0.1, -0.05) is 37.8 Å². The molecule has 1 amide bonds. The highest BCUT2D eigenvalue weighted by Crippen LogP contribution is 2.35. The number of aryl methyl sites for hydroxylation is 1. The van der Waals surface area contributed by atoms with Crippen LogP contribution in [0.5, 0.6) is 5.75 Å². The summed E-state index contributed by atoms with van der Waals surface area (Å²) >= 11 is 0. The fraction of sp³-hybridized carbons (Fsp3) is 0.562. The number of rotatable bonds is 3. The molecule has 0 aromatic heterocycles. The molecule has 1 fully saturated rings. The Morgan fingerprint density at radius 2 is 2.00 bits per heavy atom. The van der Waals surface area contributed by atoms with Gasteiger partial charge in [0.2, 0.25) is 0 Å². The molecule has 1 aliphatic carbocycles. The van der Waals surface area contributed by atoms with Crippen molar-refractivity contribution < 1.29 is 9.90 Å². The van der Waals surface area contributed by atoms with Gasteiger partial charge in [-0.15, -0.1) is 0 Å². The molecule has 0 unspecified atom stereocenters. The number of phenolic OH excluding ortho intramolecular Hbond substituents is 1. The molecule has 0 bridgehead atoms. The Bertz CT molecular complexity index is 462. The molecule has 2 rings (SSSR count). The number of nitrogens with one attached hydrogen (secondary N) is 1. The molecule has 1 aromatic carbocycles. The average Bonchev–Trinajstić information content (AvgIpc) is 2.40. The van der Waals surface area contributed by atoms with Crippen molar-refractivity contribution in [3.05, 3.63) is 29.3 Å². The van der Waals surface area contributed by atoms with Gasteiger partial charge in [0.15, 0.2) is 0 Å². The van der Waals surface area contributed by atoms with E-state index in [0.717, 1.165) is 5.56 Å². The molecular weight excluding hydrogens is 238 g/mol. The Balaban J connectivity index is 1.99. The van der Waals surface area contributed by atoms with Gasteiger partial charge in [0, 0.05) is 6.54 Å². The third-order valence-corrected chi connectivity index (χ3v) is 4.13. The number of amides is 1. The van der Waals surface area contributed by atoms with Crippen molar-refractivity contribution in [1.29, 1.82) is 0 Å². The van der Waals surface area contributed by atoms with Crippen LogP contribution in [0.1, 0.15) is 54.9 Å². The van der Waals surface area contributed by atoms with E-state index >= 15 is 0 Å². The van der Waals surface area contributed by atoms with Crippen LogP contribution in [-0.2, 0) is 0 Å². The highest BCUT2D eigenvalue weighted by Gasteiger charge is 2.27. The lowest BCUT2D eigenvalue weighted by atomic mass is 9.76. The second kappa shape index (κ2) is 5.64. The Kier molecular flexibility index (Phi) is 4.13. The molecule has 1 aromatic rings. The minimum absolute atomic E-state index is 0.0527. The van der Waals surface area contributed by atoms with Crippen LogP contribution in [0.3, 0.4) is 0 Å². The Morgan fingerprint density at radius 3 is 2.68 bits per heavy atom. The number of hydrogen-bond acceptors (Lipinski definition) is 2. The van der Waals surface area contributed by atoms with Gasteiger partial charge in [0.1, 0.15) is 5.75 Å². The third kappa shape index (κ3) is 3.49. The van der Waals surface area contributed by atoms with E-state index in [4.69, 9.17) is 0 Å². The number of hydrogen-bond donors (Lipinski definition) is 2. The van der Waals surface area contributed by atoms with Gasteiger partial charge in [-0.2, -0.15) is 0 Å². The summed E-state index contributed by atoms with van der Waals surface area (Å²) < 4.78 is 0. The minimum atomic E-state index is -0.173. The van der Waals surface area contributed by atoms with Crippen molar-refractivity contribution in [3.63, 3.8) is 0 Å². The maximum atomic E-state index is 12.1. The second-order valence-electron chi connectivity index (χ2n) is 6.07. The first-order chi connectivity index (χ1) is 9.00. The average molecular weight is 261 g/mol.